The zero-order chi connectivity index (χ0) is 23.6. The molecule has 1 aromatic carbocycles. The van der Waals surface area contributed by atoms with Gasteiger partial charge in [-0.1, -0.05) is 37.3 Å². The molecule has 0 fully saturated rings. The van der Waals surface area contributed by atoms with Gasteiger partial charge in [-0.25, -0.2) is 4.98 Å². The lowest BCUT2D eigenvalue weighted by Gasteiger charge is -2.27. The van der Waals surface area contributed by atoms with Crippen LogP contribution in [0.15, 0.2) is 35.1 Å². The molecule has 2 N–H and O–H groups in total. The SMILES string of the molecule is CC1CCc2c(sc3nc(CN(Cc4ccccc4)CC(O)COC(C)(C)C)[nH]c(=O)c23)C1. The molecule has 2 aromatic heterocycles. The number of aryl methyl sites for hydroxylation is 1. The number of aromatic nitrogens is 2. The third-order valence-electron chi connectivity index (χ3n) is 6.01. The van der Waals surface area contributed by atoms with Gasteiger partial charge in [-0.2, -0.15) is 0 Å². The highest BCUT2D eigenvalue weighted by Crippen LogP contribution is 2.35. The minimum Gasteiger partial charge on any atom is -0.389 e. The Balaban J connectivity index is 1.56. The predicted octanol–water partition coefficient (Wildman–Crippen LogP) is 4.29. The highest BCUT2D eigenvalue weighted by molar-refractivity contribution is 7.18. The number of aromatic amines is 1. The molecule has 0 spiro atoms. The molecule has 2 unspecified atom stereocenters. The minimum atomic E-state index is -0.640. The number of ether oxygens (including phenoxy) is 1. The molecule has 1 aliphatic rings. The van der Waals surface area contributed by atoms with E-state index in [4.69, 9.17) is 9.72 Å². The van der Waals surface area contributed by atoms with Crippen LogP contribution in [0.5, 0.6) is 0 Å². The quantitative estimate of drug-likeness (QED) is 0.515. The van der Waals surface area contributed by atoms with Crippen molar-refractivity contribution in [2.75, 3.05) is 13.2 Å². The van der Waals surface area contributed by atoms with Crippen LogP contribution >= 0.6 is 11.3 Å². The molecular formula is C26H35N3O3S. The van der Waals surface area contributed by atoms with Gasteiger partial charge in [0.15, 0.2) is 0 Å². The Labute approximate surface area is 199 Å². The summed E-state index contributed by atoms with van der Waals surface area (Å²) >= 11 is 1.67. The van der Waals surface area contributed by atoms with Crippen LogP contribution < -0.4 is 5.56 Å². The summed E-state index contributed by atoms with van der Waals surface area (Å²) in [6.45, 7) is 9.98. The first-order valence-corrected chi connectivity index (χ1v) is 12.6. The van der Waals surface area contributed by atoms with Crippen LogP contribution in [0.2, 0.25) is 0 Å². The number of hydrogen-bond donors (Lipinski definition) is 2. The highest BCUT2D eigenvalue weighted by atomic mass is 32.1. The molecule has 178 valence electrons. The van der Waals surface area contributed by atoms with Gasteiger partial charge in [0.05, 0.1) is 30.2 Å². The number of fused-ring (bicyclic) bond motifs is 3. The number of nitrogens with one attached hydrogen (secondary N) is 1. The van der Waals surface area contributed by atoms with Crippen LogP contribution in [0, 0.1) is 5.92 Å². The van der Waals surface area contributed by atoms with Crippen molar-refractivity contribution in [1.29, 1.82) is 0 Å². The number of nitrogens with zero attached hydrogens (tertiary/aromatic N) is 2. The summed E-state index contributed by atoms with van der Waals surface area (Å²) in [5, 5.41) is 11.4. The normalized spacial score (nSPS) is 17.5. The first-order valence-electron chi connectivity index (χ1n) is 11.8. The Hall–Kier alpha value is -2.06. The summed E-state index contributed by atoms with van der Waals surface area (Å²) < 4.78 is 5.78. The lowest BCUT2D eigenvalue weighted by atomic mass is 9.89. The zero-order valence-electron chi connectivity index (χ0n) is 20.1. The summed E-state index contributed by atoms with van der Waals surface area (Å²) in [5.74, 6) is 1.29. The molecule has 1 aliphatic carbocycles. The van der Waals surface area contributed by atoms with Crippen LogP contribution in [0.25, 0.3) is 10.2 Å². The molecule has 3 aromatic rings. The van der Waals surface area contributed by atoms with E-state index >= 15 is 0 Å². The Bertz CT molecular complexity index is 1130. The van der Waals surface area contributed by atoms with Gasteiger partial charge in [-0.15, -0.1) is 11.3 Å². The molecule has 0 saturated carbocycles. The Morgan fingerprint density at radius 3 is 2.76 bits per heavy atom. The molecule has 0 amide bonds. The second-order valence-corrected chi connectivity index (χ2v) is 11.4. The molecule has 0 radical (unpaired) electrons. The number of thiophene rings is 1. The fourth-order valence-electron chi connectivity index (χ4n) is 4.40. The maximum absolute atomic E-state index is 13.0. The molecule has 6 nitrogen and oxygen atoms in total. The predicted molar refractivity (Wildman–Crippen MR) is 134 cm³/mol. The van der Waals surface area contributed by atoms with Crippen LogP contribution in [-0.2, 0) is 30.7 Å². The largest absolute Gasteiger partial charge is 0.389 e. The average Bonchev–Trinajstić information content (AvgIpc) is 3.10. The van der Waals surface area contributed by atoms with E-state index in [9.17, 15) is 9.90 Å². The van der Waals surface area contributed by atoms with Crippen molar-refractivity contribution >= 4 is 21.6 Å². The fraction of sp³-hybridized carbons (Fsp3) is 0.538. The summed E-state index contributed by atoms with van der Waals surface area (Å²) in [5.41, 5.74) is 1.99. The summed E-state index contributed by atoms with van der Waals surface area (Å²) in [7, 11) is 0. The zero-order valence-corrected chi connectivity index (χ0v) is 20.9. The Morgan fingerprint density at radius 1 is 1.27 bits per heavy atom. The van der Waals surface area contributed by atoms with Gasteiger partial charge in [0, 0.05) is 18.0 Å². The molecule has 7 heteroatoms. The molecule has 0 aliphatic heterocycles. The molecule has 4 rings (SSSR count). The monoisotopic (exact) mass is 469 g/mol. The van der Waals surface area contributed by atoms with Crippen molar-refractivity contribution in [2.24, 2.45) is 5.92 Å². The molecule has 0 bridgehead atoms. The number of aliphatic hydroxyl groups is 1. The number of rotatable bonds is 8. The number of hydrogen-bond acceptors (Lipinski definition) is 6. The lowest BCUT2D eigenvalue weighted by molar-refractivity contribution is -0.0574. The fourth-order valence-corrected chi connectivity index (χ4v) is 5.81. The Morgan fingerprint density at radius 2 is 2.03 bits per heavy atom. The van der Waals surface area contributed by atoms with Crippen molar-refractivity contribution in [2.45, 2.75) is 71.8 Å². The van der Waals surface area contributed by atoms with Gasteiger partial charge in [0.25, 0.3) is 5.56 Å². The standard InChI is InChI=1S/C26H35N3O3S/c1-17-10-11-20-21(12-17)33-25-23(20)24(31)27-22(28-25)15-29(13-18-8-6-5-7-9-18)14-19(30)16-32-26(2,3)4/h5-9,17,19,30H,10-16H2,1-4H3,(H,27,28,31). The summed E-state index contributed by atoms with van der Waals surface area (Å²) in [4.78, 5) is 25.2. The number of aliphatic hydroxyl groups excluding tert-OH is 1. The van der Waals surface area contributed by atoms with Crippen molar-refractivity contribution in [3.8, 4) is 0 Å². The minimum absolute atomic E-state index is 0.0432. The van der Waals surface area contributed by atoms with Gasteiger partial charge >= 0.3 is 0 Å². The third-order valence-corrected chi connectivity index (χ3v) is 7.16. The van der Waals surface area contributed by atoms with E-state index in [0.717, 1.165) is 35.0 Å². The van der Waals surface area contributed by atoms with Gasteiger partial charge < -0.3 is 14.8 Å². The van der Waals surface area contributed by atoms with Crippen molar-refractivity contribution < 1.29 is 9.84 Å². The first-order chi connectivity index (χ1) is 15.7. The Kier molecular flexibility index (Phi) is 7.34. The molecule has 0 saturated heterocycles. The van der Waals surface area contributed by atoms with Gasteiger partial charge in [-0.05, 0) is 57.1 Å². The molecular weight excluding hydrogens is 434 g/mol. The lowest BCUT2D eigenvalue weighted by Crippen LogP contribution is -2.37. The third kappa shape index (κ3) is 6.29. The number of H-pyrrole nitrogens is 1. The van der Waals surface area contributed by atoms with Crippen molar-refractivity contribution in [1.82, 2.24) is 14.9 Å². The maximum Gasteiger partial charge on any atom is 0.259 e. The second-order valence-electron chi connectivity index (χ2n) is 10.3. The average molecular weight is 470 g/mol. The van der Waals surface area contributed by atoms with Gasteiger partial charge in [-0.3, -0.25) is 9.69 Å². The van der Waals surface area contributed by atoms with E-state index in [1.165, 1.54) is 10.4 Å². The summed E-state index contributed by atoms with van der Waals surface area (Å²) in [6.07, 6.45) is 2.48. The van der Waals surface area contributed by atoms with Crippen LogP contribution in [0.1, 0.15) is 55.9 Å². The highest BCUT2D eigenvalue weighted by Gasteiger charge is 2.24. The van der Waals surface area contributed by atoms with E-state index in [0.29, 0.717) is 31.4 Å². The van der Waals surface area contributed by atoms with Crippen LogP contribution in [0.4, 0.5) is 0 Å². The van der Waals surface area contributed by atoms with Gasteiger partial charge in [0.1, 0.15) is 10.7 Å². The molecule has 2 atom stereocenters. The van der Waals surface area contributed by atoms with Crippen molar-refractivity contribution in [3.05, 3.63) is 62.5 Å². The first kappa shape index (κ1) is 24.1. The van der Waals surface area contributed by atoms with Crippen molar-refractivity contribution in [3.63, 3.8) is 0 Å². The number of benzene rings is 1. The molecule has 33 heavy (non-hydrogen) atoms. The van der Waals surface area contributed by atoms with E-state index in [1.54, 1.807) is 11.3 Å². The van der Waals surface area contributed by atoms with Crippen LogP contribution in [-0.4, -0.2) is 44.8 Å². The smallest absolute Gasteiger partial charge is 0.259 e. The van der Waals surface area contributed by atoms with E-state index in [2.05, 4.69) is 28.9 Å². The summed E-state index contributed by atoms with van der Waals surface area (Å²) in [6, 6.07) is 10.1. The maximum atomic E-state index is 13.0. The van der Waals surface area contributed by atoms with E-state index in [-0.39, 0.29) is 17.8 Å². The second kappa shape index (κ2) is 10.1. The van der Waals surface area contributed by atoms with E-state index in [1.807, 2.05) is 39.0 Å². The van der Waals surface area contributed by atoms with Gasteiger partial charge in [0.2, 0.25) is 0 Å². The van der Waals surface area contributed by atoms with E-state index < -0.39 is 6.10 Å². The topological polar surface area (TPSA) is 78.5 Å². The molecule has 2 heterocycles. The van der Waals surface area contributed by atoms with Crippen LogP contribution in [0.3, 0.4) is 0 Å².